The molecule has 3 aromatic rings. The molecular formula is C22H16F2N4O2S. The largest absolute Gasteiger partial charge is 0.333 e. The fourth-order valence-corrected chi connectivity index (χ4v) is 3.58. The third-order valence-electron chi connectivity index (χ3n) is 4.13. The summed E-state index contributed by atoms with van der Waals surface area (Å²) >= 11 is 1.22. The maximum Gasteiger partial charge on any atom is 0.245 e. The van der Waals surface area contributed by atoms with Gasteiger partial charge < -0.3 is 5.32 Å². The van der Waals surface area contributed by atoms with Crippen molar-refractivity contribution >= 4 is 40.0 Å². The molecule has 0 fully saturated rings. The first-order valence-electron chi connectivity index (χ1n) is 9.03. The van der Waals surface area contributed by atoms with Gasteiger partial charge in [0.2, 0.25) is 11.8 Å². The van der Waals surface area contributed by atoms with Crippen molar-refractivity contribution in [2.75, 3.05) is 4.90 Å². The molecule has 6 nitrogen and oxygen atoms in total. The number of benzene rings is 2. The van der Waals surface area contributed by atoms with Gasteiger partial charge in [-0.15, -0.1) is 11.3 Å². The quantitative estimate of drug-likeness (QED) is 0.574. The summed E-state index contributed by atoms with van der Waals surface area (Å²) in [5, 5.41) is 13.7. The monoisotopic (exact) mass is 438 g/mol. The number of anilines is 2. The van der Waals surface area contributed by atoms with Gasteiger partial charge in [-0.25, -0.2) is 13.8 Å². The van der Waals surface area contributed by atoms with Crippen LogP contribution in [0.3, 0.4) is 0 Å². The number of hydrogen-bond donors (Lipinski definition) is 1. The number of nitrogens with zero attached hydrogens (tertiary/aromatic N) is 3. The van der Waals surface area contributed by atoms with Crippen LogP contribution >= 0.6 is 11.3 Å². The number of hydrogen-bond acceptors (Lipinski definition) is 5. The number of carbonyl (C=O) groups excluding carboxylic acids is 2. The minimum Gasteiger partial charge on any atom is -0.333 e. The van der Waals surface area contributed by atoms with Gasteiger partial charge >= 0.3 is 0 Å². The first kappa shape index (κ1) is 21.8. The third-order valence-corrected chi connectivity index (χ3v) is 4.97. The molecule has 1 aromatic heterocycles. The lowest BCUT2D eigenvalue weighted by molar-refractivity contribution is -0.117. The van der Waals surface area contributed by atoms with E-state index in [0.717, 1.165) is 18.2 Å². The smallest absolute Gasteiger partial charge is 0.245 e. The summed E-state index contributed by atoms with van der Waals surface area (Å²) in [6, 6.07) is 12.3. The number of rotatable bonds is 6. The van der Waals surface area contributed by atoms with Gasteiger partial charge in [-0.3, -0.25) is 14.5 Å². The number of para-hydroxylation sites is 1. The molecule has 156 valence electrons. The molecule has 1 atom stereocenters. The Labute approximate surface area is 181 Å². The highest BCUT2D eigenvalue weighted by Crippen LogP contribution is 2.29. The van der Waals surface area contributed by atoms with E-state index >= 15 is 0 Å². The van der Waals surface area contributed by atoms with Crippen molar-refractivity contribution in [3.63, 3.8) is 0 Å². The fourth-order valence-electron chi connectivity index (χ4n) is 2.73. The third kappa shape index (κ3) is 5.38. The van der Waals surface area contributed by atoms with E-state index in [1.807, 2.05) is 6.07 Å². The van der Waals surface area contributed by atoms with Crippen LogP contribution in [-0.4, -0.2) is 16.8 Å². The Morgan fingerprint density at radius 1 is 1.23 bits per heavy atom. The van der Waals surface area contributed by atoms with E-state index in [4.69, 9.17) is 0 Å². The summed E-state index contributed by atoms with van der Waals surface area (Å²) in [6.07, 6.45) is 2.55. The van der Waals surface area contributed by atoms with Crippen molar-refractivity contribution in [2.24, 2.45) is 0 Å². The molecule has 9 heteroatoms. The Morgan fingerprint density at radius 3 is 2.61 bits per heavy atom. The molecule has 1 heterocycles. The van der Waals surface area contributed by atoms with Crippen LogP contribution in [0.25, 0.3) is 6.08 Å². The molecule has 0 radical (unpaired) electrons. The molecular weight excluding hydrogens is 422 g/mol. The van der Waals surface area contributed by atoms with E-state index in [-0.39, 0.29) is 11.5 Å². The average molecular weight is 438 g/mol. The maximum atomic E-state index is 13.9. The molecule has 31 heavy (non-hydrogen) atoms. The second-order valence-corrected chi connectivity index (χ2v) is 7.15. The van der Waals surface area contributed by atoms with Gasteiger partial charge in [-0.05, 0) is 24.3 Å². The first-order chi connectivity index (χ1) is 14.9. The van der Waals surface area contributed by atoms with Gasteiger partial charge in [0.25, 0.3) is 0 Å². The second kappa shape index (κ2) is 9.73. The Bertz CT molecular complexity index is 1170. The van der Waals surface area contributed by atoms with E-state index in [1.54, 1.807) is 35.7 Å². The summed E-state index contributed by atoms with van der Waals surface area (Å²) < 4.78 is 26.9. The van der Waals surface area contributed by atoms with Gasteiger partial charge in [-0.2, -0.15) is 5.26 Å². The zero-order valence-electron chi connectivity index (χ0n) is 16.3. The van der Waals surface area contributed by atoms with Crippen LogP contribution in [0.1, 0.15) is 24.2 Å². The van der Waals surface area contributed by atoms with Crippen molar-refractivity contribution in [3.05, 3.63) is 82.9 Å². The van der Waals surface area contributed by atoms with Crippen LogP contribution in [0.2, 0.25) is 0 Å². The molecule has 1 unspecified atom stereocenters. The maximum absolute atomic E-state index is 13.9. The van der Waals surface area contributed by atoms with E-state index in [0.29, 0.717) is 22.6 Å². The number of aromatic nitrogens is 1. The number of thiazole rings is 1. The first-order valence-corrected chi connectivity index (χ1v) is 9.91. The number of nitriles is 1. The number of amides is 2. The topological polar surface area (TPSA) is 86.1 Å². The molecule has 0 saturated carbocycles. The summed E-state index contributed by atoms with van der Waals surface area (Å²) in [4.78, 5) is 30.1. The molecule has 0 aliphatic heterocycles. The lowest BCUT2D eigenvalue weighted by atomic mass is 10.1. The van der Waals surface area contributed by atoms with Gasteiger partial charge in [0.1, 0.15) is 17.7 Å². The van der Waals surface area contributed by atoms with Crippen molar-refractivity contribution < 1.29 is 18.4 Å². The van der Waals surface area contributed by atoms with Gasteiger partial charge in [0, 0.05) is 30.0 Å². The molecule has 1 N–H and O–H groups in total. The molecule has 2 amide bonds. The minimum absolute atomic E-state index is 0.137. The molecule has 0 aliphatic rings. The van der Waals surface area contributed by atoms with Gasteiger partial charge in [0.15, 0.2) is 5.13 Å². The summed E-state index contributed by atoms with van der Waals surface area (Å²) in [6.45, 7) is 1.42. The van der Waals surface area contributed by atoms with Crippen LogP contribution in [0.5, 0.6) is 0 Å². The van der Waals surface area contributed by atoms with Crippen molar-refractivity contribution in [1.82, 2.24) is 10.3 Å². The predicted molar refractivity (Wildman–Crippen MR) is 113 cm³/mol. The zero-order valence-corrected chi connectivity index (χ0v) is 17.1. The Kier molecular flexibility index (Phi) is 6.85. The molecule has 0 spiro atoms. The summed E-state index contributed by atoms with van der Waals surface area (Å²) in [5.74, 6) is -2.58. The van der Waals surface area contributed by atoms with Crippen molar-refractivity contribution in [2.45, 2.75) is 13.0 Å². The average Bonchev–Trinajstić information content (AvgIpc) is 3.20. The zero-order chi connectivity index (χ0) is 22.4. The van der Waals surface area contributed by atoms with E-state index < -0.39 is 23.6 Å². The number of nitrogens with one attached hydrogen (secondary N) is 1. The molecule has 0 saturated heterocycles. The number of carbonyl (C=O) groups is 2. The van der Waals surface area contributed by atoms with Crippen LogP contribution < -0.4 is 10.2 Å². The lowest BCUT2D eigenvalue weighted by Gasteiger charge is -2.17. The lowest BCUT2D eigenvalue weighted by Crippen LogP contribution is -2.26. The van der Waals surface area contributed by atoms with Crippen molar-refractivity contribution in [3.8, 4) is 6.07 Å². The van der Waals surface area contributed by atoms with Gasteiger partial charge in [0.05, 0.1) is 17.5 Å². The van der Waals surface area contributed by atoms with Crippen molar-refractivity contribution in [1.29, 1.82) is 5.26 Å². The Morgan fingerprint density at radius 2 is 1.97 bits per heavy atom. The summed E-state index contributed by atoms with van der Waals surface area (Å²) in [5.41, 5.74) is 0.955. The SMILES string of the molecule is CC(=O)N(c1ccccc1)c1nc(/C=C/C(=O)NC(C#N)c2ccc(F)cc2F)cs1. The van der Waals surface area contributed by atoms with E-state index in [2.05, 4.69) is 10.3 Å². The van der Waals surface area contributed by atoms with Crippen LogP contribution in [0.15, 0.2) is 60.0 Å². The summed E-state index contributed by atoms with van der Waals surface area (Å²) in [7, 11) is 0. The van der Waals surface area contributed by atoms with Gasteiger partial charge in [-0.1, -0.05) is 24.3 Å². The number of halogens is 2. The van der Waals surface area contributed by atoms with Crippen LogP contribution in [0, 0.1) is 23.0 Å². The standard InChI is InChI=1S/C22H16F2N4O2S/c1-14(29)28(17-5-3-2-4-6-17)22-26-16(13-31-22)8-10-21(30)27-20(12-25)18-9-7-15(23)11-19(18)24/h2-11,13,20H,1H3,(H,27,30)/b10-8+. The molecule has 0 aliphatic carbocycles. The molecule has 2 aromatic carbocycles. The van der Waals surface area contributed by atoms with E-state index in [9.17, 15) is 23.6 Å². The minimum atomic E-state index is -1.28. The fraction of sp³-hybridized carbons (Fsp3) is 0.0909. The highest BCUT2D eigenvalue weighted by Gasteiger charge is 2.18. The van der Waals surface area contributed by atoms with Crippen LogP contribution in [-0.2, 0) is 9.59 Å². The highest BCUT2D eigenvalue weighted by molar-refractivity contribution is 7.14. The molecule has 3 rings (SSSR count). The normalized spacial score (nSPS) is 11.7. The van der Waals surface area contributed by atoms with Crippen LogP contribution in [0.4, 0.5) is 19.6 Å². The Balaban J connectivity index is 1.72. The second-order valence-electron chi connectivity index (χ2n) is 6.31. The Hall–Kier alpha value is -3.90. The highest BCUT2D eigenvalue weighted by atomic mass is 32.1. The predicted octanol–water partition coefficient (Wildman–Crippen LogP) is 4.50. The molecule has 0 bridgehead atoms. The van der Waals surface area contributed by atoms with E-state index in [1.165, 1.54) is 29.2 Å².